The fraction of sp³-hybridized carbons (Fsp3) is 0.125. The first kappa shape index (κ1) is 14.7. The second-order valence-electron chi connectivity index (χ2n) is 5.13. The summed E-state index contributed by atoms with van der Waals surface area (Å²) in [5.74, 6) is 0.129. The number of hydrogen-bond donors (Lipinski definition) is 4. The monoisotopic (exact) mass is 313 g/mol. The van der Waals surface area contributed by atoms with E-state index in [0.29, 0.717) is 16.7 Å². The molecule has 1 amide bonds. The Bertz CT molecular complexity index is 921. The lowest BCUT2D eigenvalue weighted by molar-refractivity contribution is 0.0956. The Balaban J connectivity index is 1.78. The molecule has 0 saturated carbocycles. The predicted molar refractivity (Wildman–Crippen MR) is 84.9 cm³/mol. The molecular weight excluding hydrogens is 298 g/mol. The molecule has 7 nitrogen and oxygen atoms in total. The predicted octanol–water partition coefficient (Wildman–Crippen LogP) is 2.55. The van der Waals surface area contributed by atoms with E-state index in [4.69, 9.17) is 4.42 Å². The van der Waals surface area contributed by atoms with E-state index < -0.39 is 5.91 Å². The van der Waals surface area contributed by atoms with Crippen LogP contribution in [0.1, 0.15) is 27.2 Å². The summed E-state index contributed by atoms with van der Waals surface area (Å²) in [6.07, 6.45) is 2.85. The standard InChI is InChI=1S/C16H15N3O4/c1-8-9(2)23-15-12(7-17-14(8)15)16(22)19-18-6-10-3-4-11(20)5-13(10)21/h3-7,17,20-21H,1-2H3,(H,19,22)/b18-6-. The molecule has 0 unspecified atom stereocenters. The molecule has 0 saturated heterocycles. The van der Waals surface area contributed by atoms with Gasteiger partial charge in [-0.3, -0.25) is 4.79 Å². The molecule has 0 atom stereocenters. The van der Waals surface area contributed by atoms with Gasteiger partial charge in [0.1, 0.15) is 22.8 Å². The highest BCUT2D eigenvalue weighted by molar-refractivity contribution is 6.05. The molecule has 3 aromatic rings. The zero-order valence-electron chi connectivity index (χ0n) is 12.5. The van der Waals surface area contributed by atoms with Gasteiger partial charge in [0.25, 0.3) is 5.91 Å². The lowest BCUT2D eigenvalue weighted by Gasteiger charge is -2.00. The van der Waals surface area contributed by atoms with Gasteiger partial charge in [-0.15, -0.1) is 0 Å². The van der Waals surface area contributed by atoms with Crippen LogP contribution in [0, 0.1) is 13.8 Å². The van der Waals surface area contributed by atoms with Crippen LogP contribution in [0.3, 0.4) is 0 Å². The molecule has 0 radical (unpaired) electrons. The molecule has 3 rings (SSSR count). The Morgan fingerprint density at radius 1 is 1.35 bits per heavy atom. The minimum absolute atomic E-state index is 0.0537. The van der Waals surface area contributed by atoms with Gasteiger partial charge in [0.2, 0.25) is 0 Å². The van der Waals surface area contributed by atoms with Crippen molar-refractivity contribution in [2.24, 2.45) is 5.10 Å². The molecule has 0 bridgehead atoms. The van der Waals surface area contributed by atoms with E-state index in [2.05, 4.69) is 15.5 Å². The van der Waals surface area contributed by atoms with Crippen molar-refractivity contribution in [2.75, 3.05) is 0 Å². The molecular formula is C16H15N3O4. The first-order valence-electron chi connectivity index (χ1n) is 6.90. The Hall–Kier alpha value is -3.22. The average molecular weight is 313 g/mol. The smallest absolute Gasteiger partial charge is 0.276 e. The molecule has 0 aliphatic rings. The third-order valence-corrected chi connectivity index (χ3v) is 3.62. The van der Waals surface area contributed by atoms with E-state index in [9.17, 15) is 15.0 Å². The van der Waals surface area contributed by atoms with Crippen molar-refractivity contribution >= 4 is 23.2 Å². The van der Waals surface area contributed by atoms with Crippen LogP contribution in [0.5, 0.6) is 11.5 Å². The number of hydrazone groups is 1. The molecule has 0 aliphatic heterocycles. The maximum atomic E-state index is 12.2. The van der Waals surface area contributed by atoms with E-state index in [1.54, 1.807) is 6.20 Å². The van der Waals surface area contributed by atoms with Crippen LogP contribution in [-0.2, 0) is 0 Å². The van der Waals surface area contributed by atoms with Crippen LogP contribution in [0.4, 0.5) is 0 Å². The average Bonchev–Trinajstić information content (AvgIpc) is 3.02. The number of aromatic nitrogens is 1. The van der Waals surface area contributed by atoms with E-state index in [0.717, 1.165) is 16.8 Å². The highest BCUT2D eigenvalue weighted by Gasteiger charge is 2.17. The number of nitrogens with zero attached hydrogens (tertiary/aromatic N) is 1. The minimum atomic E-state index is -0.431. The first-order chi connectivity index (χ1) is 11.0. The number of carbonyl (C=O) groups excluding carboxylic acids is 1. The highest BCUT2D eigenvalue weighted by atomic mass is 16.3. The van der Waals surface area contributed by atoms with Gasteiger partial charge in [-0.2, -0.15) is 5.10 Å². The van der Waals surface area contributed by atoms with Gasteiger partial charge in [-0.25, -0.2) is 5.43 Å². The first-order valence-corrected chi connectivity index (χ1v) is 6.90. The topological polar surface area (TPSA) is 111 Å². The number of H-pyrrole nitrogens is 1. The molecule has 7 heteroatoms. The molecule has 23 heavy (non-hydrogen) atoms. The van der Waals surface area contributed by atoms with Crippen LogP contribution in [-0.4, -0.2) is 27.3 Å². The highest BCUT2D eigenvalue weighted by Crippen LogP contribution is 2.26. The number of fused-ring (bicyclic) bond motifs is 1. The van der Waals surface area contributed by atoms with Gasteiger partial charge in [-0.1, -0.05) is 0 Å². The number of carbonyl (C=O) groups is 1. The molecule has 2 aromatic heterocycles. The van der Waals surface area contributed by atoms with Crippen molar-refractivity contribution < 1.29 is 19.4 Å². The number of nitrogens with one attached hydrogen (secondary N) is 2. The van der Waals surface area contributed by atoms with Gasteiger partial charge in [0, 0.05) is 23.4 Å². The maximum absolute atomic E-state index is 12.2. The van der Waals surface area contributed by atoms with Crippen molar-refractivity contribution in [3.05, 3.63) is 46.8 Å². The fourth-order valence-corrected chi connectivity index (χ4v) is 2.23. The largest absolute Gasteiger partial charge is 0.508 e. The summed E-state index contributed by atoms with van der Waals surface area (Å²) in [4.78, 5) is 15.2. The zero-order valence-corrected chi connectivity index (χ0v) is 12.5. The summed E-state index contributed by atoms with van der Waals surface area (Å²) >= 11 is 0. The molecule has 0 fully saturated rings. The van der Waals surface area contributed by atoms with Crippen LogP contribution < -0.4 is 5.43 Å². The lowest BCUT2D eigenvalue weighted by Crippen LogP contribution is -2.17. The number of furan rings is 1. The number of phenolic OH excluding ortho intramolecular Hbond substituents is 2. The van der Waals surface area contributed by atoms with Crippen molar-refractivity contribution in [1.29, 1.82) is 0 Å². The summed E-state index contributed by atoms with van der Waals surface area (Å²) in [5.41, 5.74) is 5.32. The zero-order chi connectivity index (χ0) is 16.6. The van der Waals surface area contributed by atoms with Crippen molar-refractivity contribution in [1.82, 2.24) is 10.4 Å². The van der Waals surface area contributed by atoms with E-state index in [-0.39, 0.29) is 11.5 Å². The van der Waals surface area contributed by atoms with Crippen molar-refractivity contribution in [3.8, 4) is 11.5 Å². The number of phenols is 2. The second-order valence-corrected chi connectivity index (χ2v) is 5.13. The van der Waals surface area contributed by atoms with Gasteiger partial charge in [0.15, 0.2) is 5.58 Å². The van der Waals surface area contributed by atoms with E-state index in [1.807, 2.05) is 13.8 Å². The van der Waals surface area contributed by atoms with Gasteiger partial charge < -0.3 is 19.6 Å². The molecule has 0 spiro atoms. The maximum Gasteiger partial charge on any atom is 0.276 e. The number of hydrogen-bond acceptors (Lipinski definition) is 5. The number of amides is 1. The third-order valence-electron chi connectivity index (χ3n) is 3.62. The number of rotatable bonds is 3. The van der Waals surface area contributed by atoms with Crippen LogP contribution in [0.15, 0.2) is 33.9 Å². The Kier molecular flexibility index (Phi) is 3.53. The summed E-state index contributed by atoms with van der Waals surface area (Å²) in [6, 6.07) is 4.08. The van der Waals surface area contributed by atoms with Crippen molar-refractivity contribution in [3.63, 3.8) is 0 Å². The van der Waals surface area contributed by atoms with Crippen LogP contribution in [0.25, 0.3) is 11.1 Å². The second kappa shape index (κ2) is 5.53. The van der Waals surface area contributed by atoms with Crippen molar-refractivity contribution in [2.45, 2.75) is 13.8 Å². The minimum Gasteiger partial charge on any atom is -0.508 e. The summed E-state index contributed by atoms with van der Waals surface area (Å²) in [5, 5.41) is 22.6. The summed E-state index contributed by atoms with van der Waals surface area (Å²) in [7, 11) is 0. The van der Waals surface area contributed by atoms with Gasteiger partial charge in [-0.05, 0) is 26.0 Å². The molecule has 118 valence electrons. The van der Waals surface area contributed by atoms with E-state index >= 15 is 0 Å². The fourth-order valence-electron chi connectivity index (χ4n) is 2.23. The summed E-state index contributed by atoms with van der Waals surface area (Å²) in [6.45, 7) is 3.74. The van der Waals surface area contributed by atoms with E-state index in [1.165, 1.54) is 24.4 Å². The molecule has 2 heterocycles. The Morgan fingerprint density at radius 2 is 2.13 bits per heavy atom. The van der Waals surface area contributed by atoms with Gasteiger partial charge >= 0.3 is 0 Å². The number of benzene rings is 1. The number of aromatic amines is 1. The number of aromatic hydroxyl groups is 2. The van der Waals surface area contributed by atoms with Crippen LogP contribution in [0.2, 0.25) is 0 Å². The number of aryl methyl sites for hydroxylation is 2. The van der Waals surface area contributed by atoms with Gasteiger partial charge in [0.05, 0.1) is 11.7 Å². The third kappa shape index (κ3) is 2.64. The molecule has 4 N–H and O–H groups in total. The quantitative estimate of drug-likeness (QED) is 0.440. The SMILES string of the molecule is Cc1oc2c(C(=O)N/N=C\c3ccc(O)cc3O)c[nH]c2c1C. The Labute approximate surface area is 131 Å². The summed E-state index contributed by atoms with van der Waals surface area (Å²) < 4.78 is 5.58. The molecule has 0 aliphatic carbocycles. The normalized spacial score (nSPS) is 11.4. The molecule has 1 aromatic carbocycles. The lowest BCUT2D eigenvalue weighted by atomic mass is 10.2. The van der Waals surface area contributed by atoms with Crippen LogP contribution >= 0.6 is 0 Å². The Morgan fingerprint density at radius 3 is 2.87 bits per heavy atom.